The van der Waals surface area contributed by atoms with E-state index >= 15 is 0 Å². The average molecular weight is 361 g/mol. The first-order valence-corrected chi connectivity index (χ1v) is 7.32. The van der Waals surface area contributed by atoms with Crippen molar-refractivity contribution in [2.24, 2.45) is 5.73 Å². The van der Waals surface area contributed by atoms with Crippen molar-refractivity contribution in [3.05, 3.63) is 22.2 Å². The van der Waals surface area contributed by atoms with Crippen molar-refractivity contribution in [3.63, 3.8) is 0 Å². The summed E-state index contributed by atoms with van der Waals surface area (Å²) in [5.74, 6) is 0.786. The van der Waals surface area contributed by atoms with E-state index in [2.05, 4.69) is 21.2 Å². The molecule has 7 heteroatoms. The Kier molecular flexibility index (Phi) is 7.49. The van der Waals surface area contributed by atoms with Gasteiger partial charge in [-0.25, -0.2) is 0 Å². The maximum absolute atomic E-state index is 11.9. The zero-order valence-electron chi connectivity index (χ0n) is 12.4. The third kappa shape index (κ3) is 5.18. The predicted octanol–water partition coefficient (Wildman–Crippen LogP) is 1.45. The van der Waals surface area contributed by atoms with Gasteiger partial charge in [0.25, 0.3) is 5.91 Å². The van der Waals surface area contributed by atoms with Crippen molar-refractivity contribution < 1.29 is 19.0 Å². The summed E-state index contributed by atoms with van der Waals surface area (Å²) < 4.78 is 16.5. The molecule has 0 aliphatic heterocycles. The lowest BCUT2D eigenvalue weighted by molar-refractivity contribution is -0.127. The first-order chi connectivity index (χ1) is 10.0. The summed E-state index contributed by atoms with van der Waals surface area (Å²) >= 11 is 3.41. The van der Waals surface area contributed by atoms with Gasteiger partial charge in [0.1, 0.15) is 0 Å². The topological polar surface area (TPSA) is 82.8 Å². The minimum atomic E-state index is -0.657. The molecule has 0 heterocycles. The van der Waals surface area contributed by atoms with Gasteiger partial charge in [0, 0.05) is 20.2 Å². The summed E-state index contributed by atoms with van der Waals surface area (Å²) in [4.78, 5) is 11.9. The van der Waals surface area contributed by atoms with Gasteiger partial charge in [0.15, 0.2) is 17.6 Å². The predicted molar refractivity (Wildman–Crippen MR) is 83.6 cm³/mol. The SMILES string of the molecule is COCCNC(=O)C(C)Oc1c(Br)cc(CN)cc1OC. The van der Waals surface area contributed by atoms with Gasteiger partial charge < -0.3 is 25.3 Å². The molecule has 0 aromatic heterocycles. The summed E-state index contributed by atoms with van der Waals surface area (Å²) in [6, 6.07) is 3.63. The molecule has 0 saturated heterocycles. The second kappa shape index (κ2) is 8.86. The monoisotopic (exact) mass is 360 g/mol. The second-order valence-electron chi connectivity index (χ2n) is 4.36. The highest BCUT2D eigenvalue weighted by molar-refractivity contribution is 9.10. The van der Waals surface area contributed by atoms with Crippen molar-refractivity contribution in [2.75, 3.05) is 27.4 Å². The number of methoxy groups -OCH3 is 2. The Morgan fingerprint density at radius 2 is 2.14 bits per heavy atom. The number of amides is 1. The van der Waals surface area contributed by atoms with Crippen LogP contribution >= 0.6 is 15.9 Å². The molecule has 118 valence electrons. The number of hydrogen-bond donors (Lipinski definition) is 2. The third-order valence-electron chi connectivity index (χ3n) is 2.79. The van der Waals surface area contributed by atoms with Crippen molar-refractivity contribution in [3.8, 4) is 11.5 Å². The number of ether oxygens (including phenoxy) is 3. The molecule has 1 aromatic rings. The zero-order valence-corrected chi connectivity index (χ0v) is 14.0. The van der Waals surface area contributed by atoms with Gasteiger partial charge in [0.05, 0.1) is 18.2 Å². The Labute approximate surface area is 133 Å². The quantitative estimate of drug-likeness (QED) is 0.685. The molecule has 3 N–H and O–H groups in total. The van der Waals surface area contributed by atoms with E-state index in [-0.39, 0.29) is 5.91 Å². The lowest BCUT2D eigenvalue weighted by atomic mass is 10.2. The van der Waals surface area contributed by atoms with Crippen LogP contribution in [0.5, 0.6) is 11.5 Å². The molecular weight excluding hydrogens is 340 g/mol. The summed E-state index contributed by atoms with van der Waals surface area (Å²) in [6.07, 6.45) is -0.657. The van der Waals surface area contributed by atoms with E-state index < -0.39 is 6.10 Å². The minimum Gasteiger partial charge on any atom is -0.493 e. The number of benzene rings is 1. The standard InChI is InChI=1S/C14H21BrN2O4/c1-9(14(18)17-4-5-19-2)21-13-11(15)6-10(8-16)7-12(13)20-3/h6-7,9H,4-5,8,16H2,1-3H3,(H,17,18). The van der Waals surface area contributed by atoms with Crippen molar-refractivity contribution >= 4 is 21.8 Å². The number of carbonyl (C=O) groups excluding carboxylic acids is 1. The highest BCUT2D eigenvalue weighted by Crippen LogP contribution is 2.37. The molecule has 1 aromatic carbocycles. The molecule has 0 bridgehead atoms. The lowest BCUT2D eigenvalue weighted by Crippen LogP contribution is -2.38. The number of hydrogen-bond acceptors (Lipinski definition) is 5. The van der Waals surface area contributed by atoms with Crippen LogP contribution in [-0.4, -0.2) is 39.4 Å². The van der Waals surface area contributed by atoms with Gasteiger partial charge in [-0.05, 0) is 40.5 Å². The van der Waals surface area contributed by atoms with E-state index in [1.165, 1.54) is 7.11 Å². The van der Waals surface area contributed by atoms with Crippen LogP contribution in [0, 0.1) is 0 Å². The summed E-state index contributed by atoms with van der Waals surface area (Å²) in [6.45, 7) is 2.96. The zero-order chi connectivity index (χ0) is 15.8. The highest BCUT2D eigenvalue weighted by Gasteiger charge is 2.19. The van der Waals surface area contributed by atoms with Crippen LogP contribution in [0.4, 0.5) is 0 Å². The van der Waals surface area contributed by atoms with E-state index in [1.807, 2.05) is 6.07 Å². The van der Waals surface area contributed by atoms with E-state index in [0.717, 1.165) is 5.56 Å². The average Bonchev–Trinajstić information content (AvgIpc) is 2.48. The van der Waals surface area contributed by atoms with Crippen LogP contribution in [0.2, 0.25) is 0 Å². The van der Waals surface area contributed by atoms with Gasteiger partial charge in [-0.1, -0.05) is 0 Å². The van der Waals surface area contributed by atoms with E-state index in [1.54, 1.807) is 20.1 Å². The van der Waals surface area contributed by atoms with Crippen LogP contribution in [0.25, 0.3) is 0 Å². The van der Waals surface area contributed by atoms with Crippen LogP contribution in [0.15, 0.2) is 16.6 Å². The molecule has 0 aliphatic rings. The number of nitrogens with two attached hydrogens (primary N) is 1. The molecule has 0 aliphatic carbocycles. The maximum Gasteiger partial charge on any atom is 0.260 e. The number of rotatable bonds is 8. The van der Waals surface area contributed by atoms with Crippen LogP contribution in [-0.2, 0) is 16.1 Å². The van der Waals surface area contributed by atoms with Gasteiger partial charge in [0.2, 0.25) is 0 Å². The Morgan fingerprint density at radius 1 is 1.43 bits per heavy atom. The molecular formula is C14H21BrN2O4. The smallest absolute Gasteiger partial charge is 0.260 e. The van der Waals surface area contributed by atoms with Crippen molar-refractivity contribution in [1.82, 2.24) is 5.32 Å². The summed E-state index contributed by atoms with van der Waals surface area (Å²) in [7, 11) is 3.12. The Bertz CT molecular complexity index is 482. The van der Waals surface area contributed by atoms with Crippen LogP contribution < -0.4 is 20.5 Å². The molecule has 1 amide bonds. The first-order valence-electron chi connectivity index (χ1n) is 6.53. The minimum absolute atomic E-state index is 0.219. The summed E-state index contributed by atoms with van der Waals surface area (Å²) in [5.41, 5.74) is 6.52. The third-order valence-corrected chi connectivity index (χ3v) is 3.38. The first kappa shape index (κ1) is 17.7. The highest BCUT2D eigenvalue weighted by atomic mass is 79.9. The van der Waals surface area contributed by atoms with Crippen molar-refractivity contribution in [2.45, 2.75) is 19.6 Å². The van der Waals surface area contributed by atoms with E-state index in [4.69, 9.17) is 19.9 Å². The molecule has 1 atom stereocenters. The van der Waals surface area contributed by atoms with Crippen LogP contribution in [0.3, 0.4) is 0 Å². The normalized spacial score (nSPS) is 11.9. The molecule has 1 unspecified atom stereocenters. The summed E-state index contributed by atoms with van der Waals surface area (Å²) in [5, 5.41) is 2.72. The van der Waals surface area contributed by atoms with E-state index in [0.29, 0.717) is 35.7 Å². The molecule has 0 radical (unpaired) electrons. The number of nitrogens with one attached hydrogen (secondary N) is 1. The fraction of sp³-hybridized carbons (Fsp3) is 0.500. The molecule has 21 heavy (non-hydrogen) atoms. The maximum atomic E-state index is 11.9. The van der Waals surface area contributed by atoms with Gasteiger partial charge in [-0.3, -0.25) is 4.79 Å². The van der Waals surface area contributed by atoms with Gasteiger partial charge in [-0.15, -0.1) is 0 Å². The number of carbonyl (C=O) groups is 1. The van der Waals surface area contributed by atoms with E-state index in [9.17, 15) is 4.79 Å². The van der Waals surface area contributed by atoms with Gasteiger partial charge >= 0.3 is 0 Å². The fourth-order valence-electron chi connectivity index (χ4n) is 1.66. The lowest BCUT2D eigenvalue weighted by Gasteiger charge is -2.18. The Balaban J connectivity index is 2.79. The molecule has 1 rings (SSSR count). The molecule has 0 saturated carbocycles. The molecule has 6 nitrogen and oxygen atoms in total. The molecule has 0 spiro atoms. The largest absolute Gasteiger partial charge is 0.493 e. The second-order valence-corrected chi connectivity index (χ2v) is 5.21. The van der Waals surface area contributed by atoms with Gasteiger partial charge in [-0.2, -0.15) is 0 Å². The fourth-order valence-corrected chi connectivity index (χ4v) is 2.24. The Morgan fingerprint density at radius 3 is 2.71 bits per heavy atom. The van der Waals surface area contributed by atoms with Crippen LogP contribution in [0.1, 0.15) is 12.5 Å². The molecule has 0 fully saturated rings. The Hall–Kier alpha value is -1.31. The number of halogens is 1. The van der Waals surface area contributed by atoms with Crippen molar-refractivity contribution in [1.29, 1.82) is 0 Å².